The number of carbonyl (C=O) groups excluding carboxylic acids is 1. The topological polar surface area (TPSA) is 42.0 Å². The van der Waals surface area contributed by atoms with E-state index in [0.29, 0.717) is 16.7 Å². The van der Waals surface area contributed by atoms with E-state index in [1.807, 2.05) is 12.2 Å². The Bertz CT molecular complexity index is 405. The third-order valence-corrected chi connectivity index (χ3v) is 2.50. The molecule has 16 heavy (non-hydrogen) atoms. The Hall–Kier alpha value is -1.06. The van der Waals surface area contributed by atoms with Crippen LogP contribution in [0, 0.1) is 0 Å². The van der Waals surface area contributed by atoms with Gasteiger partial charge in [-0.15, -0.1) is 0 Å². The molecular formula is C11H12Cl2N2O. The molecule has 1 rings (SSSR count). The molecule has 1 N–H and O–H groups in total. The van der Waals surface area contributed by atoms with Crippen molar-refractivity contribution in [1.29, 1.82) is 0 Å². The fraction of sp³-hybridized carbons (Fsp3) is 0.273. The maximum Gasteiger partial charge on any atom is 0.216 e. The summed E-state index contributed by atoms with van der Waals surface area (Å²) in [6.45, 7) is 2.12. The van der Waals surface area contributed by atoms with Crippen LogP contribution in [0.15, 0.2) is 18.3 Å². The molecule has 0 aromatic carbocycles. The second-order valence-electron chi connectivity index (χ2n) is 3.22. The van der Waals surface area contributed by atoms with Crippen LogP contribution >= 0.6 is 23.2 Å². The molecule has 0 atom stereocenters. The SMILES string of the molecule is CC(=O)NCCC=Cc1cnc(Cl)c(Cl)c1. The molecule has 0 saturated carbocycles. The van der Waals surface area contributed by atoms with Crippen molar-refractivity contribution in [2.75, 3.05) is 6.54 Å². The van der Waals surface area contributed by atoms with E-state index in [-0.39, 0.29) is 5.91 Å². The van der Waals surface area contributed by atoms with Gasteiger partial charge in [0.05, 0.1) is 5.02 Å². The van der Waals surface area contributed by atoms with Gasteiger partial charge in [-0.05, 0) is 18.1 Å². The number of hydrogen-bond donors (Lipinski definition) is 1. The molecule has 0 saturated heterocycles. The smallest absolute Gasteiger partial charge is 0.216 e. The van der Waals surface area contributed by atoms with Gasteiger partial charge in [0.25, 0.3) is 0 Å². The Labute approximate surface area is 104 Å². The maximum absolute atomic E-state index is 10.6. The number of pyridine rings is 1. The molecule has 1 aromatic heterocycles. The van der Waals surface area contributed by atoms with Crippen molar-refractivity contribution in [3.8, 4) is 0 Å². The number of halogens is 2. The third-order valence-electron chi connectivity index (χ3n) is 1.81. The molecule has 0 spiro atoms. The quantitative estimate of drug-likeness (QED) is 0.667. The number of nitrogens with one attached hydrogen (secondary N) is 1. The lowest BCUT2D eigenvalue weighted by Gasteiger charge is -1.98. The average molecular weight is 259 g/mol. The van der Waals surface area contributed by atoms with Crippen molar-refractivity contribution in [3.05, 3.63) is 34.1 Å². The predicted molar refractivity (Wildman–Crippen MR) is 66.6 cm³/mol. The highest BCUT2D eigenvalue weighted by Crippen LogP contribution is 2.20. The minimum absolute atomic E-state index is 0.0235. The Kier molecular flexibility index (Phi) is 5.29. The van der Waals surface area contributed by atoms with Crippen LogP contribution in [-0.2, 0) is 4.79 Å². The van der Waals surface area contributed by atoms with Gasteiger partial charge in [0.1, 0.15) is 5.15 Å². The van der Waals surface area contributed by atoms with Crippen LogP contribution in [-0.4, -0.2) is 17.4 Å². The van der Waals surface area contributed by atoms with E-state index in [0.717, 1.165) is 12.0 Å². The van der Waals surface area contributed by atoms with E-state index < -0.39 is 0 Å². The maximum atomic E-state index is 10.6. The van der Waals surface area contributed by atoms with Gasteiger partial charge in [-0.2, -0.15) is 0 Å². The van der Waals surface area contributed by atoms with Crippen LogP contribution in [0.4, 0.5) is 0 Å². The first-order chi connectivity index (χ1) is 7.59. The van der Waals surface area contributed by atoms with Crippen LogP contribution in [0.5, 0.6) is 0 Å². The summed E-state index contributed by atoms with van der Waals surface area (Å²) in [5.41, 5.74) is 0.886. The van der Waals surface area contributed by atoms with Crippen LogP contribution in [0.3, 0.4) is 0 Å². The van der Waals surface area contributed by atoms with Crippen molar-refractivity contribution in [1.82, 2.24) is 10.3 Å². The number of rotatable bonds is 4. The number of hydrogen-bond acceptors (Lipinski definition) is 2. The van der Waals surface area contributed by atoms with Gasteiger partial charge in [0, 0.05) is 19.7 Å². The van der Waals surface area contributed by atoms with E-state index in [1.165, 1.54) is 6.92 Å². The predicted octanol–water partition coefficient (Wildman–Crippen LogP) is 2.93. The van der Waals surface area contributed by atoms with E-state index >= 15 is 0 Å². The van der Waals surface area contributed by atoms with Crippen molar-refractivity contribution < 1.29 is 4.79 Å². The first-order valence-electron chi connectivity index (χ1n) is 4.81. The highest BCUT2D eigenvalue weighted by Gasteiger charge is 1.97. The average Bonchev–Trinajstić information content (AvgIpc) is 2.22. The van der Waals surface area contributed by atoms with Crippen LogP contribution < -0.4 is 5.32 Å². The lowest BCUT2D eigenvalue weighted by Crippen LogP contribution is -2.20. The third kappa shape index (κ3) is 4.64. The number of carbonyl (C=O) groups is 1. The second-order valence-corrected chi connectivity index (χ2v) is 3.98. The first-order valence-corrected chi connectivity index (χ1v) is 5.57. The monoisotopic (exact) mass is 258 g/mol. The lowest BCUT2D eigenvalue weighted by atomic mass is 10.2. The number of nitrogens with zero attached hydrogens (tertiary/aromatic N) is 1. The van der Waals surface area contributed by atoms with Crippen LogP contribution in [0.25, 0.3) is 6.08 Å². The Balaban J connectivity index is 2.44. The molecule has 0 unspecified atom stereocenters. The molecular weight excluding hydrogens is 247 g/mol. The van der Waals surface area contributed by atoms with Crippen molar-refractivity contribution >= 4 is 35.2 Å². The molecule has 1 aromatic rings. The normalized spacial score (nSPS) is 10.7. The standard InChI is InChI=1S/C11H12Cl2N2O/c1-8(16)14-5-3-2-4-9-6-10(12)11(13)15-7-9/h2,4,6-7H,3,5H2,1H3,(H,14,16). The summed E-state index contributed by atoms with van der Waals surface area (Å²) in [6.07, 6.45) is 6.23. The minimum atomic E-state index is -0.0235. The number of amides is 1. The van der Waals surface area contributed by atoms with E-state index in [4.69, 9.17) is 23.2 Å². The first kappa shape index (κ1) is 13.0. The van der Waals surface area contributed by atoms with Gasteiger partial charge < -0.3 is 5.32 Å². The van der Waals surface area contributed by atoms with Gasteiger partial charge in [-0.1, -0.05) is 35.4 Å². The summed E-state index contributed by atoms with van der Waals surface area (Å²) in [6, 6.07) is 1.74. The largest absolute Gasteiger partial charge is 0.356 e. The summed E-state index contributed by atoms with van der Waals surface area (Å²) in [5, 5.41) is 3.44. The molecule has 3 nitrogen and oxygen atoms in total. The molecule has 0 fully saturated rings. The highest BCUT2D eigenvalue weighted by molar-refractivity contribution is 6.41. The van der Waals surface area contributed by atoms with Gasteiger partial charge in [-0.3, -0.25) is 4.79 Å². The van der Waals surface area contributed by atoms with E-state index in [2.05, 4.69) is 10.3 Å². The molecule has 1 heterocycles. The highest BCUT2D eigenvalue weighted by atomic mass is 35.5. The molecule has 0 aliphatic heterocycles. The fourth-order valence-electron chi connectivity index (χ4n) is 1.08. The second kappa shape index (κ2) is 6.51. The zero-order chi connectivity index (χ0) is 12.0. The van der Waals surface area contributed by atoms with E-state index in [9.17, 15) is 4.79 Å². The zero-order valence-corrected chi connectivity index (χ0v) is 10.3. The molecule has 0 radical (unpaired) electrons. The molecule has 0 bridgehead atoms. The van der Waals surface area contributed by atoms with Crippen molar-refractivity contribution in [3.63, 3.8) is 0 Å². The van der Waals surface area contributed by atoms with E-state index in [1.54, 1.807) is 12.3 Å². The van der Waals surface area contributed by atoms with Gasteiger partial charge in [0.2, 0.25) is 5.91 Å². The molecule has 1 amide bonds. The van der Waals surface area contributed by atoms with Crippen molar-refractivity contribution in [2.45, 2.75) is 13.3 Å². The Morgan fingerprint density at radius 2 is 2.31 bits per heavy atom. The van der Waals surface area contributed by atoms with Crippen molar-refractivity contribution in [2.24, 2.45) is 0 Å². The lowest BCUT2D eigenvalue weighted by molar-refractivity contribution is -0.118. The summed E-state index contributed by atoms with van der Waals surface area (Å²) in [4.78, 5) is 14.5. The summed E-state index contributed by atoms with van der Waals surface area (Å²) < 4.78 is 0. The van der Waals surface area contributed by atoms with Gasteiger partial charge in [-0.25, -0.2) is 4.98 Å². The summed E-state index contributed by atoms with van der Waals surface area (Å²) in [5.74, 6) is -0.0235. The van der Waals surface area contributed by atoms with Gasteiger partial charge >= 0.3 is 0 Å². The molecule has 0 aliphatic rings. The molecule has 5 heteroatoms. The Morgan fingerprint density at radius 1 is 1.56 bits per heavy atom. The Morgan fingerprint density at radius 3 is 2.94 bits per heavy atom. The zero-order valence-electron chi connectivity index (χ0n) is 8.84. The molecule has 0 aliphatic carbocycles. The van der Waals surface area contributed by atoms with Gasteiger partial charge in [0.15, 0.2) is 0 Å². The summed E-state index contributed by atoms with van der Waals surface area (Å²) >= 11 is 11.5. The van der Waals surface area contributed by atoms with Crippen LogP contribution in [0.1, 0.15) is 18.9 Å². The van der Waals surface area contributed by atoms with Crippen LogP contribution in [0.2, 0.25) is 10.2 Å². The number of aromatic nitrogens is 1. The fourth-order valence-corrected chi connectivity index (χ4v) is 1.36. The molecule has 86 valence electrons. The summed E-state index contributed by atoms with van der Waals surface area (Å²) in [7, 11) is 0. The minimum Gasteiger partial charge on any atom is -0.356 e.